The number of carbonyl (C=O) groups is 1. The van der Waals surface area contributed by atoms with Gasteiger partial charge in [-0.15, -0.1) is 0 Å². The molecule has 0 spiro atoms. The normalized spacial score (nSPS) is 10.6. The lowest BCUT2D eigenvalue weighted by Gasteiger charge is -2.04. The molecule has 3 aromatic rings. The van der Waals surface area contributed by atoms with E-state index in [1.54, 1.807) is 12.4 Å². The van der Waals surface area contributed by atoms with Crippen molar-refractivity contribution in [2.75, 3.05) is 11.9 Å². The third-order valence-electron chi connectivity index (χ3n) is 3.67. The average molecular weight is 356 g/mol. The Morgan fingerprint density at radius 1 is 1.32 bits per heavy atom. The molecule has 130 valence electrons. The second-order valence-electron chi connectivity index (χ2n) is 5.50. The Labute approximate surface area is 150 Å². The first-order chi connectivity index (χ1) is 12.2. The van der Waals surface area contributed by atoms with Crippen molar-refractivity contribution < 1.29 is 4.79 Å². The van der Waals surface area contributed by atoms with Gasteiger partial charge in [-0.05, 0) is 43.5 Å². The molecule has 3 rings (SSSR count). The molecule has 0 radical (unpaired) electrons. The second kappa shape index (κ2) is 7.89. The van der Waals surface area contributed by atoms with Gasteiger partial charge in [0.2, 0.25) is 0 Å². The van der Waals surface area contributed by atoms with Crippen molar-refractivity contribution in [3.8, 4) is 10.4 Å². The summed E-state index contributed by atoms with van der Waals surface area (Å²) in [4.78, 5) is 21.5. The molecule has 0 saturated heterocycles. The first kappa shape index (κ1) is 17.1. The zero-order chi connectivity index (χ0) is 17.6. The summed E-state index contributed by atoms with van der Waals surface area (Å²) in [5, 5.41) is 10.4. The van der Waals surface area contributed by atoms with E-state index >= 15 is 0 Å². The largest absolute Gasteiger partial charge is 0.337 e. The first-order valence-corrected chi connectivity index (χ1v) is 8.91. The fourth-order valence-electron chi connectivity index (χ4n) is 2.39. The smallest absolute Gasteiger partial charge is 0.321 e. The Kier molecular flexibility index (Phi) is 5.39. The summed E-state index contributed by atoms with van der Waals surface area (Å²) in [5.74, 6) is 0. The third kappa shape index (κ3) is 4.42. The van der Waals surface area contributed by atoms with E-state index in [0.717, 1.165) is 34.7 Å². The number of nitrogens with zero attached hydrogens (tertiary/aromatic N) is 4. The van der Waals surface area contributed by atoms with E-state index in [0.29, 0.717) is 11.7 Å². The SMILES string of the molecule is CCn1cc(CCNC(=O)Nc2nc(C)c(-c3ccncc3)s2)cn1. The topological polar surface area (TPSA) is 84.7 Å². The van der Waals surface area contributed by atoms with Gasteiger partial charge in [0.25, 0.3) is 0 Å². The summed E-state index contributed by atoms with van der Waals surface area (Å²) in [7, 11) is 0. The van der Waals surface area contributed by atoms with Gasteiger partial charge < -0.3 is 5.32 Å². The summed E-state index contributed by atoms with van der Waals surface area (Å²) in [6.07, 6.45) is 8.05. The molecule has 3 aromatic heterocycles. The Hall–Kier alpha value is -2.74. The van der Waals surface area contributed by atoms with Crippen molar-refractivity contribution in [2.45, 2.75) is 26.8 Å². The number of hydrogen-bond acceptors (Lipinski definition) is 5. The summed E-state index contributed by atoms with van der Waals surface area (Å²) in [5.41, 5.74) is 3.04. The van der Waals surface area contributed by atoms with Crippen LogP contribution in [-0.2, 0) is 13.0 Å². The Balaban J connectivity index is 1.53. The molecule has 2 N–H and O–H groups in total. The van der Waals surface area contributed by atoms with Crippen LogP contribution in [0, 0.1) is 6.92 Å². The summed E-state index contributed by atoms with van der Waals surface area (Å²) < 4.78 is 1.87. The molecular formula is C17H20N6OS. The molecule has 0 bridgehead atoms. The number of rotatable bonds is 6. The summed E-state index contributed by atoms with van der Waals surface area (Å²) >= 11 is 1.45. The van der Waals surface area contributed by atoms with E-state index in [1.807, 2.05) is 43.1 Å². The van der Waals surface area contributed by atoms with Gasteiger partial charge in [0, 0.05) is 31.7 Å². The number of aryl methyl sites for hydroxylation is 2. The molecule has 0 atom stereocenters. The molecule has 0 aliphatic heterocycles. The number of anilines is 1. The number of thiazole rings is 1. The van der Waals surface area contributed by atoms with E-state index in [2.05, 4.69) is 25.7 Å². The number of carbonyl (C=O) groups excluding carboxylic acids is 1. The van der Waals surface area contributed by atoms with E-state index < -0.39 is 0 Å². The molecule has 2 amide bonds. The van der Waals surface area contributed by atoms with Crippen molar-refractivity contribution in [3.05, 3.63) is 48.2 Å². The molecule has 7 nitrogen and oxygen atoms in total. The van der Waals surface area contributed by atoms with Crippen LogP contribution < -0.4 is 10.6 Å². The first-order valence-electron chi connectivity index (χ1n) is 8.09. The van der Waals surface area contributed by atoms with Crippen LogP contribution >= 0.6 is 11.3 Å². The molecule has 25 heavy (non-hydrogen) atoms. The Morgan fingerprint density at radius 3 is 2.84 bits per heavy atom. The molecule has 0 saturated carbocycles. The lowest BCUT2D eigenvalue weighted by molar-refractivity contribution is 0.252. The maximum Gasteiger partial charge on any atom is 0.321 e. The highest BCUT2D eigenvalue weighted by Crippen LogP contribution is 2.32. The van der Waals surface area contributed by atoms with Gasteiger partial charge >= 0.3 is 6.03 Å². The van der Waals surface area contributed by atoms with E-state index in [4.69, 9.17) is 0 Å². The van der Waals surface area contributed by atoms with E-state index in [1.165, 1.54) is 11.3 Å². The van der Waals surface area contributed by atoms with Gasteiger partial charge in [0.05, 0.1) is 16.8 Å². The number of nitrogens with one attached hydrogen (secondary N) is 2. The number of aromatic nitrogens is 4. The molecule has 0 unspecified atom stereocenters. The quantitative estimate of drug-likeness (QED) is 0.711. The minimum Gasteiger partial charge on any atom is -0.337 e. The molecule has 3 heterocycles. The van der Waals surface area contributed by atoms with Gasteiger partial charge in [-0.1, -0.05) is 11.3 Å². The summed E-state index contributed by atoms with van der Waals surface area (Å²) in [6.45, 7) is 5.36. The highest BCUT2D eigenvalue weighted by molar-refractivity contribution is 7.19. The minimum atomic E-state index is -0.252. The second-order valence-corrected chi connectivity index (χ2v) is 6.50. The lowest BCUT2D eigenvalue weighted by atomic mass is 10.2. The molecule has 0 aromatic carbocycles. The van der Waals surface area contributed by atoms with Crippen LogP contribution in [-0.4, -0.2) is 32.3 Å². The van der Waals surface area contributed by atoms with Crippen LogP contribution in [0.4, 0.5) is 9.93 Å². The number of amides is 2. The molecule has 0 aliphatic carbocycles. The van der Waals surface area contributed by atoms with Crippen LogP contribution in [0.3, 0.4) is 0 Å². The van der Waals surface area contributed by atoms with Crippen molar-refractivity contribution in [2.24, 2.45) is 0 Å². The standard InChI is InChI=1S/C17H20N6OS/c1-3-23-11-13(10-20-23)4-9-19-16(24)22-17-21-12(2)15(25-17)14-5-7-18-8-6-14/h5-8,10-11H,3-4,9H2,1-2H3,(H2,19,21,22,24). The van der Waals surface area contributed by atoms with Crippen LogP contribution in [0.25, 0.3) is 10.4 Å². The van der Waals surface area contributed by atoms with Gasteiger partial charge in [-0.3, -0.25) is 15.0 Å². The van der Waals surface area contributed by atoms with E-state index in [-0.39, 0.29) is 6.03 Å². The van der Waals surface area contributed by atoms with Crippen molar-refractivity contribution >= 4 is 22.5 Å². The van der Waals surface area contributed by atoms with Crippen LogP contribution in [0.1, 0.15) is 18.2 Å². The lowest BCUT2D eigenvalue weighted by Crippen LogP contribution is -2.30. The molecule has 8 heteroatoms. The maximum absolute atomic E-state index is 12.0. The van der Waals surface area contributed by atoms with E-state index in [9.17, 15) is 4.79 Å². The fourth-order valence-corrected chi connectivity index (χ4v) is 3.36. The van der Waals surface area contributed by atoms with Crippen LogP contribution in [0.15, 0.2) is 36.9 Å². The van der Waals surface area contributed by atoms with Crippen molar-refractivity contribution in [1.29, 1.82) is 0 Å². The zero-order valence-electron chi connectivity index (χ0n) is 14.2. The van der Waals surface area contributed by atoms with Gasteiger partial charge in [-0.25, -0.2) is 9.78 Å². The predicted octanol–water partition coefficient (Wildman–Crippen LogP) is 3.09. The fraction of sp³-hybridized carbons (Fsp3) is 0.294. The number of hydrogen-bond donors (Lipinski definition) is 2. The van der Waals surface area contributed by atoms with Gasteiger partial charge in [-0.2, -0.15) is 5.10 Å². The van der Waals surface area contributed by atoms with Crippen LogP contribution in [0.2, 0.25) is 0 Å². The zero-order valence-corrected chi connectivity index (χ0v) is 15.0. The molecular weight excluding hydrogens is 336 g/mol. The minimum absolute atomic E-state index is 0.252. The molecule has 0 fully saturated rings. The Morgan fingerprint density at radius 2 is 2.12 bits per heavy atom. The highest BCUT2D eigenvalue weighted by Gasteiger charge is 2.11. The van der Waals surface area contributed by atoms with Gasteiger partial charge in [0.15, 0.2) is 5.13 Å². The van der Waals surface area contributed by atoms with Crippen molar-refractivity contribution in [3.63, 3.8) is 0 Å². The number of urea groups is 1. The summed E-state index contributed by atoms with van der Waals surface area (Å²) in [6, 6.07) is 3.61. The number of pyridine rings is 1. The molecule has 0 aliphatic rings. The highest BCUT2D eigenvalue weighted by atomic mass is 32.1. The monoisotopic (exact) mass is 356 g/mol. The maximum atomic E-state index is 12.0. The predicted molar refractivity (Wildman–Crippen MR) is 98.7 cm³/mol. The van der Waals surface area contributed by atoms with Crippen LogP contribution in [0.5, 0.6) is 0 Å². The van der Waals surface area contributed by atoms with Gasteiger partial charge in [0.1, 0.15) is 0 Å². The third-order valence-corrected chi connectivity index (χ3v) is 4.79. The average Bonchev–Trinajstić information content (AvgIpc) is 3.22. The Bertz CT molecular complexity index is 842. The van der Waals surface area contributed by atoms with Crippen molar-refractivity contribution in [1.82, 2.24) is 25.1 Å².